The molecule has 0 amide bonds. The SMILES string of the molecule is CC(O)(CSC1CCCC1)c1cc2cc([N+](=O)[O-])c(C(F)(F)F)cc2n1S(C)(=O)=O. The largest absolute Gasteiger partial charge is 0.423 e. The maximum Gasteiger partial charge on any atom is 0.423 e. The van der Waals surface area contributed by atoms with Crippen molar-refractivity contribution < 1.29 is 31.6 Å². The molecule has 12 heteroatoms. The van der Waals surface area contributed by atoms with Gasteiger partial charge in [-0.25, -0.2) is 12.4 Å². The van der Waals surface area contributed by atoms with Gasteiger partial charge in [-0.2, -0.15) is 24.9 Å². The van der Waals surface area contributed by atoms with Crippen molar-refractivity contribution in [1.29, 1.82) is 0 Å². The Kier molecular flexibility index (Phi) is 5.89. The van der Waals surface area contributed by atoms with Crippen molar-refractivity contribution in [3.05, 3.63) is 39.6 Å². The molecule has 30 heavy (non-hydrogen) atoms. The Morgan fingerprint density at radius 3 is 2.37 bits per heavy atom. The smallest absolute Gasteiger partial charge is 0.383 e. The maximum atomic E-state index is 13.4. The van der Waals surface area contributed by atoms with Gasteiger partial charge in [-0.3, -0.25) is 10.1 Å². The first-order valence-electron chi connectivity index (χ1n) is 9.18. The molecule has 1 aliphatic rings. The van der Waals surface area contributed by atoms with Gasteiger partial charge in [0.1, 0.15) is 11.2 Å². The van der Waals surface area contributed by atoms with E-state index in [9.17, 15) is 36.8 Å². The summed E-state index contributed by atoms with van der Waals surface area (Å²) < 4.78 is 65.7. The average molecular weight is 467 g/mol. The van der Waals surface area contributed by atoms with Crippen LogP contribution in [0.3, 0.4) is 0 Å². The monoisotopic (exact) mass is 466 g/mol. The third-order valence-corrected chi connectivity index (χ3v) is 7.89. The molecule has 1 aromatic heterocycles. The number of hydrogen-bond acceptors (Lipinski definition) is 6. The second-order valence-electron chi connectivity index (χ2n) is 7.73. The summed E-state index contributed by atoms with van der Waals surface area (Å²) in [5.74, 6) is 0.137. The zero-order valence-electron chi connectivity index (χ0n) is 16.3. The quantitative estimate of drug-likeness (QED) is 0.504. The van der Waals surface area contributed by atoms with Crippen LogP contribution >= 0.6 is 11.8 Å². The molecule has 1 aliphatic carbocycles. The summed E-state index contributed by atoms with van der Waals surface area (Å²) in [7, 11) is -4.12. The number of aliphatic hydroxyl groups is 1. The minimum absolute atomic E-state index is 0.0683. The van der Waals surface area contributed by atoms with E-state index in [0.29, 0.717) is 21.4 Å². The predicted molar refractivity (Wildman–Crippen MR) is 108 cm³/mol. The molecular formula is C18H21F3N2O5S2. The van der Waals surface area contributed by atoms with E-state index in [4.69, 9.17) is 0 Å². The van der Waals surface area contributed by atoms with E-state index in [2.05, 4.69) is 0 Å². The average Bonchev–Trinajstić information content (AvgIpc) is 3.24. The summed E-state index contributed by atoms with van der Waals surface area (Å²) in [4.78, 5) is 10.0. The van der Waals surface area contributed by atoms with Crippen LogP contribution in [0.15, 0.2) is 18.2 Å². The molecule has 1 N–H and O–H groups in total. The first-order chi connectivity index (χ1) is 13.7. The van der Waals surface area contributed by atoms with Gasteiger partial charge < -0.3 is 5.11 Å². The minimum atomic E-state index is -5.05. The van der Waals surface area contributed by atoms with Gasteiger partial charge in [-0.15, -0.1) is 0 Å². The van der Waals surface area contributed by atoms with E-state index in [0.717, 1.165) is 31.9 Å². The number of nitrogens with zero attached hydrogens (tertiary/aromatic N) is 2. The van der Waals surface area contributed by atoms with Gasteiger partial charge >= 0.3 is 6.18 Å². The highest BCUT2D eigenvalue weighted by Gasteiger charge is 2.40. The fourth-order valence-electron chi connectivity index (χ4n) is 3.74. The zero-order chi connectivity index (χ0) is 22.5. The third kappa shape index (κ3) is 4.45. The molecule has 166 valence electrons. The molecule has 0 spiro atoms. The number of benzene rings is 1. The van der Waals surface area contributed by atoms with E-state index in [-0.39, 0.29) is 22.3 Å². The molecule has 1 atom stereocenters. The van der Waals surface area contributed by atoms with Crippen LogP contribution in [0.1, 0.15) is 43.9 Å². The number of aromatic nitrogens is 1. The van der Waals surface area contributed by atoms with Crippen molar-refractivity contribution in [1.82, 2.24) is 3.97 Å². The van der Waals surface area contributed by atoms with Crippen LogP contribution in [0.2, 0.25) is 0 Å². The molecule has 3 rings (SSSR count). The number of hydrogen-bond donors (Lipinski definition) is 1. The Hall–Kier alpha value is -1.79. The zero-order valence-corrected chi connectivity index (χ0v) is 17.9. The lowest BCUT2D eigenvalue weighted by atomic mass is 10.1. The number of halogens is 3. The summed E-state index contributed by atoms with van der Waals surface area (Å²) in [6.07, 6.45) is -0.122. The van der Waals surface area contributed by atoms with Gasteiger partial charge in [0, 0.05) is 22.5 Å². The van der Waals surface area contributed by atoms with Crippen molar-refractivity contribution in [2.45, 2.75) is 49.6 Å². The van der Waals surface area contributed by atoms with Crippen LogP contribution in [-0.4, -0.2) is 39.7 Å². The summed E-state index contributed by atoms with van der Waals surface area (Å²) in [5.41, 5.74) is -4.89. The summed E-state index contributed by atoms with van der Waals surface area (Å²) >= 11 is 1.48. The number of fused-ring (bicyclic) bond motifs is 1. The lowest BCUT2D eigenvalue weighted by Gasteiger charge is -2.26. The van der Waals surface area contributed by atoms with Gasteiger partial charge in [-0.05, 0) is 31.9 Å². The van der Waals surface area contributed by atoms with Crippen molar-refractivity contribution >= 4 is 38.4 Å². The molecule has 0 saturated heterocycles. The summed E-state index contributed by atoms with van der Waals surface area (Å²) in [6, 6.07) is 2.36. The molecule has 1 aromatic carbocycles. The van der Waals surface area contributed by atoms with Crippen LogP contribution < -0.4 is 0 Å². The lowest BCUT2D eigenvalue weighted by molar-refractivity contribution is -0.387. The minimum Gasteiger partial charge on any atom is -0.383 e. The van der Waals surface area contributed by atoms with Crippen LogP contribution in [0.4, 0.5) is 18.9 Å². The Morgan fingerprint density at radius 1 is 1.27 bits per heavy atom. The molecule has 1 unspecified atom stereocenters. The van der Waals surface area contributed by atoms with Gasteiger partial charge in [0.2, 0.25) is 10.0 Å². The van der Waals surface area contributed by atoms with E-state index >= 15 is 0 Å². The molecule has 2 aromatic rings. The molecule has 1 saturated carbocycles. The Bertz CT molecular complexity index is 1090. The van der Waals surface area contributed by atoms with Crippen molar-refractivity contribution in [3.63, 3.8) is 0 Å². The first kappa shape index (κ1) is 22.9. The Labute approximate surface area is 175 Å². The van der Waals surface area contributed by atoms with E-state index in [1.165, 1.54) is 24.8 Å². The maximum absolute atomic E-state index is 13.4. The Balaban J connectivity index is 2.20. The van der Waals surface area contributed by atoms with Gasteiger partial charge in [0.15, 0.2) is 0 Å². The van der Waals surface area contributed by atoms with E-state index < -0.39 is 38.0 Å². The molecule has 7 nitrogen and oxygen atoms in total. The van der Waals surface area contributed by atoms with Gasteiger partial charge in [0.05, 0.1) is 22.4 Å². The van der Waals surface area contributed by atoms with Gasteiger partial charge in [-0.1, -0.05) is 12.8 Å². The van der Waals surface area contributed by atoms with Crippen LogP contribution in [-0.2, 0) is 21.8 Å². The van der Waals surface area contributed by atoms with Gasteiger partial charge in [0.25, 0.3) is 5.69 Å². The van der Waals surface area contributed by atoms with Crippen molar-refractivity contribution in [2.75, 3.05) is 12.0 Å². The second kappa shape index (κ2) is 7.72. The Morgan fingerprint density at radius 2 is 1.87 bits per heavy atom. The molecule has 1 heterocycles. The molecule has 0 radical (unpaired) electrons. The number of nitro groups is 1. The normalized spacial score (nSPS) is 18.1. The highest BCUT2D eigenvalue weighted by Crippen LogP contribution is 2.42. The van der Waals surface area contributed by atoms with E-state index in [1.54, 1.807) is 0 Å². The highest BCUT2D eigenvalue weighted by atomic mass is 32.2. The van der Waals surface area contributed by atoms with Crippen LogP contribution in [0, 0.1) is 10.1 Å². The van der Waals surface area contributed by atoms with Crippen LogP contribution in [0.5, 0.6) is 0 Å². The van der Waals surface area contributed by atoms with Crippen molar-refractivity contribution in [3.8, 4) is 0 Å². The predicted octanol–water partition coefficient (Wildman–Crippen LogP) is 4.26. The van der Waals surface area contributed by atoms with Crippen molar-refractivity contribution in [2.24, 2.45) is 0 Å². The van der Waals surface area contributed by atoms with Crippen LogP contribution in [0.25, 0.3) is 10.9 Å². The number of alkyl halides is 3. The number of thioether (sulfide) groups is 1. The fraction of sp³-hybridized carbons (Fsp3) is 0.556. The fourth-order valence-corrected chi connectivity index (χ4v) is 6.24. The number of rotatable bonds is 6. The molecule has 1 fully saturated rings. The summed E-state index contributed by atoms with van der Waals surface area (Å²) in [6.45, 7) is 1.39. The molecule has 0 bridgehead atoms. The second-order valence-corrected chi connectivity index (χ2v) is 10.9. The number of nitro benzene ring substituents is 1. The molecule has 0 aliphatic heterocycles. The van der Waals surface area contributed by atoms with E-state index in [1.807, 2.05) is 0 Å². The lowest BCUT2D eigenvalue weighted by Crippen LogP contribution is -2.30. The first-order valence-corrected chi connectivity index (χ1v) is 12.1. The standard InChI is InChI=1S/C18H21F3N2O5S2/c1-17(24,10-29-12-5-3-4-6-12)16-8-11-7-15(23(25)26)13(18(19,20)21)9-14(11)22(16)30(2,27)28/h7-9,12,24H,3-6,10H2,1-2H3. The highest BCUT2D eigenvalue weighted by molar-refractivity contribution is 7.99. The third-order valence-electron chi connectivity index (χ3n) is 5.16. The molecular weight excluding hydrogens is 445 g/mol. The topological polar surface area (TPSA) is 102 Å². The summed E-state index contributed by atoms with van der Waals surface area (Å²) in [5, 5.41) is 22.5.